The molecule has 29 heavy (non-hydrogen) atoms. The van der Waals surface area contributed by atoms with Crippen LogP contribution < -0.4 is 9.80 Å². The molecule has 2 aliphatic heterocycles. The van der Waals surface area contributed by atoms with Gasteiger partial charge in [-0.2, -0.15) is 10.5 Å². The van der Waals surface area contributed by atoms with Gasteiger partial charge < -0.3 is 9.80 Å². The van der Waals surface area contributed by atoms with Crippen LogP contribution in [0.3, 0.4) is 0 Å². The van der Waals surface area contributed by atoms with Gasteiger partial charge in [0.25, 0.3) is 0 Å². The Bertz CT molecular complexity index is 1140. The van der Waals surface area contributed by atoms with Crippen LogP contribution in [0.5, 0.6) is 0 Å². The highest BCUT2D eigenvalue weighted by Crippen LogP contribution is 2.30. The van der Waals surface area contributed by atoms with Gasteiger partial charge in [0.05, 0.1) is 22.5 Å². The van der Waals surface area contributed by atoms with Gasteiger partial charge in [0.1, 0.15) is 12.1 Å². The summed E-state index contributed by atoms with van der Waals surface area (Å²) < 4.78 is 0. The molecular weight excluding hydrogens is 356 g/mol. The van der Waals surface area contributed by atoms with Gasteiger partial charge in [0.2, 0.25) is 0 Å². The minimum atomic E-state index is 0.135. The molecule has 4 nitrogen and oxygen atoms in total. The van der Waals surface area contributed by atoms with Crippen molar-refractivity contribution in [1.29, 1.82) is 10.5 Å². The summed E-state index contributed by atoms with van der Waals surface area (Å²) in [6.45, 7) is 2.84. The first-order valence-corrected chi connectivity index (χ1v) is 9.53. The summed E-state index contributed by atoms with van der Waals surface area (Å²) in [5.41, 5.74) is 5.50. The second-order valence-corrected chi connectivity index (χ2v) is 6.97. The van der Waals surface area contributed by atoms with Gasteiger partial charge in [-0.1, -0.05) is 36.4 Å². The van der Waals surface area contributed by atoms with Gasteiger partial charge in [-0.25, -0.2) is 0 Å². The van der Waals surface area contributed by atoms with E-state index < -0.39 is 0 Å². The van der Waals surface area contributed by atoms with Crippen molar-refractivity contribution in [3.05, 3.63) is 108 Å². The predicted octanol–water partition coefficient (Wildman–Crippen LogP) is 5.04. The highest BCUT2D eigenvalue weighted by Gasteiger charge is 2.19. The molecule has 0 aliphatic carbocycles. The zero-order valence-electron chi connectivity index (χ0n) is 16.2. The van der Waals surface area contributed by atoms with Crippen LogP contribution in [0, 0.1) is 22.7 Å². The summed E-state index contributed by atoms with van der Waals surface area (Å²) in [7, 11) is 0. The van der Waals surface area contributed by atoms with Crippen molar-refractivity contribution in [2.75, 3.05) is 16.3 Å². The number of nitrogens with zero attached hydrogens (tertiary/aromatic N) is 4. The second kappa shape index (κ2) is 7.92. The molecule has 0 saturated carbocycles. The Hall–Kier alpha value is -4.02. The maximum atomic E-state index is 9.39. The fourth-order valence-electron chi connectivity index (χ4n) is 3.68. The minimum Gasteiger partial charge on any atom is -0.343 e. The third kappa shape index (κ3) is 3.57. The summed E-state index contributed by atoms with van der Waals surface area (Å²) >= 11 is 0. The quantitative estimate of drug-likeness (QED) is 0.753. The molecule has 0 fully saturated rings. The highest BCUT2D eigenvalue weighted by molar-refractivity contribution is 5.66. The van der Waals surface area contributed by atoms with Crippen LogP contribution in [0.15, 0.2) is 96.4 Å². The molecule has 0 amide bonds. The van der Waals surface area contributed by atoms with Crippen LogP contribution in [0.2, 0.25) is 0 Å². The van der Waals surface area contributed by atoms with Gasteiger partial charge in [-0.3, -0.25) is 0 Å². The summed E-state index contributed by atoms with van der Waals surface area (Å²) in [5.74, 6) is 0. The number of para-hydroxylation sites is 2. The van der Waals surface area contributed by atoms with E-state index in [0.29, 0.717) is 17.7 Å². The lowest BCUT2D eigenvalue weighted by Crippen LogP contribution is -2.29. The third-order valence-corrected chi connectivity index (χ3v) is 5.19. The Labute approximate surface area is 171 Å². The van der Waals surface area contributed by atoms with Crippen molar-refractivity contribution in [3.8, 4) is 12.1 Å². The van der Waals surface area contributed by atoms with E-state index in [4.69, 9.17) is 0 Å². The standard InChI is InChI=1S/C25H20N4/c1-19-16-21(12-15-29(19)25-9-5-3-7-23(25)18-27)20-10-13-28(14-11-20)24-8-4-2-6-22(24)17-26/h2-13,15-16,19H,14H2,1H3. The normalized spacial score (nSPS) is 18.0. The SMILES string of the molecule is CC1C=C(C2=CCN(c3ccccc3C#N)C=C2)C=CN1c1ccccc1C#N. The van der Waals surface area contributed by atoms with Crippen LogP contribution in [-0.2, 0) is 0 Å². The second-order valence-electron chi connectivity index (χ2n) is 6.97. The lowest BCUT2D eigenvalue weighted by molar-refractivity contribution is 0.839. The molecule has 4 heteroatoms. The summed E-state index contributed by atoms with van der Waals surface area (Å²) in [5, 5.41) is 18.7. The van der Waals surface area contributed by atoms with Crippen LogP contribution >= 0.6 is 0 Å². The first kappa shape index (κ1) is 18.3. The van der Waals surface area contributed by atoms with Gasteiger partial charge >= 0.3 is 0 Å². The number of benzene rings is 2. The number of allylic oxidation sites excluding steroid dienone is 4. The van der Waals surface area contributed by atoms with Crippen LogP contribution in [-0.4, -0.2) is 12.6 Å². The van der Waals surface area contributed by atoms with E-state index in [0.717, 1.165) is 22.5 Å². The van der Waals surface area contributed by atoms with Crippen molar-refractivity contribution in [3.63, 3.8) is 0 Å². The number of hydrogen-bond acceptors (Lipinski definition) is 4. The molecule has 140 valence electrons. The van der Waals surface area contributed by atoms with E-state index in [1.165, 1.54) is 0 Å². The monoisotopic (exact) mass is 376 g/mol. The Morgan fingerprint density at radius 2 is 1.45 bits per heavy atom. The maximum Gasteiger partial charge on any atom is 0.101 e. The van der Waals surface area contributed by atoms with E-state index in [-0.39, 0.29) is 6.04 Å². The van der Waals surface area contributed by atoms with Crippen molar-refractivity contribution in [1.82, 2.24) is 0 Å². The molecule has 2 aliphatic rings. The molecular formula is C25H20N4. The van der Waals surface area contributed by atoms with E-state index >= 15 is 0 Å². The van der Waals surface area contributed by atoms with Crippen LogP contribution in [0.25, 0.3) is 0 Å². The van der Waals surface area contributed by atoms with Crippen molar-refractivity contribution < 1.29 is 0 Å². The molecule has 2 aromatic rings. The summed E-state index contributed by atoms with van der Waals surface area (Å²) in [4.78, 5) is 4.19. The Balaban J connectivity index is 1.52. The molecule has 2 aromatic carbocycles. The number of nitriles is 2. The molecule has 0 bridgehead atoms. The van der Waals surface area contributed by atoms with Crippen LogP contribution in [0.4, 0.5) is 11.4 Å². The molecule has 0 N–H and O–H groups in total. The summed E-state index contributed by atoms with van der Waals surface area (Å²) in [6, 6.07) is 20.0. The van der Waals surface area contributed by atoms with E-state index in [2.05, 4.69) is 53.2 Å². The predicted molar refractivity (Wildman–Crippen MR) is 116 cm³/mol. The molecule has 0 radical (unpaired) electrons. The van der Waals surface area contributed by atoms with E-state index in [1.54, 1.807) is 0 Å². The molecule has 0 saturated heterocycles. The van der Waals surface area contributed by atoms with Crippen LogP contribution in [0.1, 0.15) is 18.1 Å². The number of anilines is 2. The fourth-order valence-corrected chi connectivity index (χ4v) is 3.68. The Morgan fingerprint density at radius 3 is 2.07 bits per heavy atom. The maximum absolute atomic E-state index is 9.39. The first-order valence-electron chi connectivity index (χ1n) is 9.53. The van der Waals surface area contributed by atoms with Gasteiger partial charge in [-0.05, 0) is 54.5 Å². The van der Waals surface area contributed by atoms with E-state index in [9.17, 15) is 10.5 Å². The lowest BCUT2D eigenvalue weighted by Gasteiger charge is -2.31. The summed E-state index contributed by atoms with van der Waals surface area (Å²) in [6.07, 6.45) is 12.6. The number of hydrogen-bond donors (Lipinski definition) is 0. The third-order valence-electron chi connectivity index (χ3n) is 5.19. The first-order chi connectivity index (χ1) is 14.2. The van der Waals surface area contributed by atoms with Crippen molar-refractivity contribution in [2.24, 2.45) is 0 Å². The zero-order valence-corrected chi connectivity index (χ0v) is 16.2. The average Bonchev–Trinajstić information content (AvgIpc) is 2.79. The van der Waals surface area contributed by atoms with E-state index in [1.807, 2.05) is 60.9 Å². The lowest BCUT2D eigenvalue weighted by atomic mass is 9.97. The minimum absolute atomic E-state index is 0.135. The topological polar surface area (TPSA) is 54.1 Å². The molecule has 0 spiro atoms. The van der Waals surface area contributed by atoms with Crippen molar-refractivity contribution >= 4 is 11.4 Å². The Kier molecular flexibility index (Phi) is 5.01. The molecule has 0 aromatic heterocycles. The Morgan fingerprint density at radius 1 is 0.828 bits per heavy atom. The molecule has 2 heterocycles. The molecule has 4 rings (SSSR count). The molecule has 1 unspecified atom stereocenters. The van der Waals surface area contributed by atoms with Gasteiger partial charge in [0, 0.05) is 25.0 Å². The smallest absolute Gasteiger partial charge is 0.101 e. The fraction of sp³-hybridized carbons (Fsp3) is 0.120. The zero-order chi connectivity index (χ0) is 20.2. The van der Waals surface area contributed by atoms with Gasteiger partial charge in [0.15, 0.2) is 0 Å². The highest BCUT2D eigenvalue weighted by atomic mass is 15.1. The average molecular weight is 376 g/mol. The number of rotatable bonds is 3. The van der Waals surface area contributed by atoms with Gasteiger partial charge in [-0.15, -0.1) is 0 Å². The van der Waals surface area contributed by atoms with Crippen molar-refractivity contribution in [2.45, 2.75) is 13.0 Å². The largest absolute Gasteiger partial charge is 0.343 e. The molecule has 1 atom stereocenters.